The van der Waals surface area contributed by atoms with Gasteiger partial charge in [0.1, 0.15) is 36.2 Å². The van der Waals surface area contributed by atoms with Gasteiger partial charge in [-0.05, 0) is 91.6 Å². The van der Waals surface area contributed by atoms with Gasteiger partial charge in [0, 0.05) is 0 Å². The fourth-order valence-electron chi connectivity index (χ4n) is 4.78. The Morgan fingerprint density at radius 1 is 0.600 bits per heavy atom. The summed E-state index contributed by atoms with van der Waals surface area (Å²) in [7, 11) is 3.28. The molecule has 1 N–H and O–H groups in total. The average Bonchev–Trinajstić information content (AvgIpc) is 3.14. The van der Waals surface area contributed by atoms with Gasteiger partial charge in [-0.3, -0.25) is 9.59 Å². The number of carboxylic acids is 1. The number of carbonyl (C=O) groups is 2. The van der Waals surface area contributed by atoms with E-state index in [4.69, 9.17) is 28.8 Å². The number of aliphatic carboxylic acids is 1. The molecule has 4 rings (SSSR count). The molecule has 0 amide bonds. The molecule has 0 aliphatic carbocycles. The molecule has 0 heterocycles. The van der Waals surface area contributed by atoms with Crippen molar-refractivity contribution in [2.24, 2.45) is 0 Å². The van der Waals surface area contributed by atoms with Crippen LogP contribution in [0.1, 0.15) is 67.7 Å². The average molecular weight is 677 g/mol. The van der Waals surface area contributed by atoms with Gasteiger partial charge in [-0.2, -0.15) is 0 Å². The van der Waals surface area contributed by atoms with Crippen LogP contribution >= 0.6 is 0 Å². The van der Waals surface area contributed by atoms with E-state index in [1.807, 2.05) is 97.1 Å². The van der Waals surface area contributed by atoms with Crippen molar-refractivity contribution in [3.8, 4) is 46.7 Å². The molecule has 0 aliphatic heterocycles. The Bertz CT molecular complexity index is 1740. The zero-order valence-corrected chi connectivity index (χ0v) is 29.2. The van der Waals surface area contributed by atoms with Crippen molar-refractivity contribution in [3.63, 3.8) is 0 Å². The van der Waals surface area contributed by atoms with Gasteiger partial charge in [-0.25, -0.2) is 0 Å². The van der Waals surface area contributed by atoms with Crippen LogP contribution in [0.15, 0.2) is 97.1 Å². The van der Waals surface area contributed by atoms with Crippen LogP contribution in [0.4, 0.5) is 0 Å². The first-order chi connectivity index (χ1) is 24.3. The van der Waals surface area contributed by atoms with Crippen molar-refractivity contribution in [2.45, 2.75) is 58.7 Å². The summed E-state index contributed by atoms with van der Waals surface area (Å²) >= 11 is 0. The summed E-state index contributed by atoms with van der Waals surface area (Å²) in [5.74, 6) is 13.2. The molecule has 0 bridgehead atoms. The minimum Gasteiger partial charge on any atom is -0.497 e. The van der Waals surface area contributed by atoms with Crippen molar-refractivity contribution in [1.29, 1.82) is 0 Å². The number of rotatable bonds is 15. The van der Waals surface area contributed by atoms with E-state index in [2.05, 4.69) is 23.7 Å². The largest absolute Gasteiger partial charge is 0.497 e. The van der Waals surface area contributed by atoms with Crippen molar-refractivity contribution < 1.29 is 38.4 Å². The number of benzene rings is 4. The maximum Gasteiger partial charge on any atom is 0.307 e. The highest BCUT2D eigenvalue weighted by Crippen LogP contribution is 2.25. The number of carboxylic acid groups (broad SMARTS) is 1. The predicted octanol–water partition coefficient (Wildman–Crippen LogP) is 8.19. The van der Waals surface area contributed by atoms with Crippen molar-refractivity contribution in [2.75, 3.05) is 20.8 Å². The van der Waals surface area contributed by atoms with Crippen LogP contribution in [0.3, 0.4) is 0 Å². The first kappa shape index (κ1) is 38.6. The highest BCUT2D eigenvalue weighted by Gasteiger charge is 2.15. The number of hydrogen-bond donors (Lipinski definition) is 1. The van der Waals surface area contributed by atoms with Gasteiger partial charge in [0.25, 0.3) is 0 Å². The van der Waals surface area contributed by atoms with Crippen LogP contribution in [0.2, 0.25) is 0 Å². The third-order valence-electron chi connectivity index (χ3n) is 7.39. The number of esters is 1. The summed E-state index contributed by atoms with van der Waals surface area (Å²) in [6.45, 7) is 6.59. The molecule has 0 saturated heterocycles. The fourth-order valence-corrected chi connectivity index (χ4v) is 4.78. The lowest BCUT2D eigenvalue weighted by molar-refractivity contribution is -0.143. The normalized spacial score (nSPS) is 11.1. The highest BCUT2D eigenvalue weighted by atomic mass is 16.5. The second kappa shape index (κ2) is 21.2. The quantitative estimate of drug-likeness (QED) is 0.0994. The zero-order chi connectivity index (χ0) is 36.1. The molecule has 0 spiro atoms. The van der Waals surface area contributed by atoms with Crippen LogP contribution in [-0.4, -0.2) is 37.9 Å². The van der Waals surface area contributed by atoms with E-state index in [9.17, 15) is 9.59 Å². The van der Waals surface area contributed by atoms with Gasteiger partial charge >= 0.3 is 11.9 Å². The van der Waals surface area contributed by atoms with Gasteiger partial charge in [0.15, 0.2) is 0 Å². The molecule has 4 aromatic carbocycles. The van der Waals surface area contributed by atoms with E-state index in [0.717, 1.165) is 45.3 Å². The molecular formula is C42H44O8. The molecule has 2 atom stereocenters. The number of carbonyl (C=O) groups excluding carboxylic acids is 1. The lowest BCUT2D eigenvalue weighted by atomic mass is 9.96. The van der Waals surface area contributed by atoms with E-state index in [-0.39, 0.29) is 30.6 Å². The SMILES string of the molecule is CC#CC(CC(=O)O)c1ccc(OCc2ccc(OC)cc2)cc1.CC#CC(CC(=O)OCC)c1ccc(OCc2ccc(OC)cc2)cc1. The molecule has 0 fully saturated rings. The van der Waals surface area contributed by atoms with E-state index in [0.29, 0.717) is 19.8 Å². The smallest absolute Gasteiger partial charge is 0.307 e. The molecule has 50 heavy (non-hydrogen) atoms. The third-order valence-corrected chi connectivity index (χ3v) is 7.39. The highest BCUT2D eigenvalue weighted by molar-refractivity contribution is 5.71. The van der Waals surface area contributed by atoms with Crippen molar-refractivity contribution in [3.05, 3.63) is 119 Å². The second-order valence-electron chi connectivity index (χ2n) is 10.9. The Kier molecular flexibility index (Phi) is 16.3. The van der Waals surface area contributed by atoms with Crippen LogP contribution in [0.5, 0.6) is 23.0 Å². The van der Waals surface area contributed by atoms with Crippen LogP contribution in [-0.2, 0) is 27.5 Å². The summed E-state index contributed by atoms with van der Waals surface area (Å²) in [5, 5.41) is 8.97. The third kappa shape index (κ3) is 13.3. The molecule has 0 saturated carbocycles. The first-order valence-electron chi connectivity index (χ1n) is 16.2. The fraction of sp³-hybridized carbons (Fsp3) is 0.286. The number of hydrogen-bond acceptors (Lipinski definition) is 7. The van der Waals surface area contributed by atoms with Gasteiger partial charge in [-0.15, -0.1) is 11.8 Å². The summed E-state index contributed by atoms with van der Waals surface area (Å²) < 4.78 is 26.9. The number of ether oxygens (including phenoxy) is 5. The zero-order valence-electron chi connectivity index (χ0n) is 29.2. The summed E-state index contributed by atoms with van der Waals surface area (Å²) in [5.41, 5.74) is 3.96. The van der Waals surface area contributed by atoms with Crippen LogP contribution in [0, 0.1) is 23.7 Å². The van der Waals surface area contributed by atoms with Crippen molar-refractivity contribution >= 4 is 11.9 Å². The van der Waals surface area contributed by atoms with E-state index in [1.54, 1.807) is 35.0 Å². The summed E-state index contributed by atoms with van der Waals surface area (Å²) in [6.07, 6.45) is 0.244. The Labute approximate surface area is 295 Å². The molecule has 2 unspecified atom stereocenters. The monoisotopic (exact) mass is 676 g/mol. The van der Waals surface area contributed by atoms with Crippen LogP contribution in [0.25, 0.3) is 0 Å². The standard InChI is InChI=1S/C22H24O4.C20H20O4/c1-4-6-19(15-22(23)25-5-2)18-9-13-21(14-10-18)26-16-17-7-11-20(24-3)12-8-17;1-3-4-17(13-20(21)22)16-7-11-19(12-8-16)24-14-15-5-9-18(23-2)10-6-15/h7-14,19H,5,15-16H2,1-3H3;5-12,17H,13-14H2,1-2H3,(H,21,22). The second-order valence-corrected chi connectivity index (χ2v) is 10.9. The topological polar surface area (TPSA) is 101 Å². The molecule has 0 aromatic heterocycles. The van der Waals surface area contributed by atoms with Crippen LogP contribution < -0.4 is 18.9 Å². The lowest BCUT2D eigenvalue weighted by Gasteiger charge is -2.12. The number of methoxy groups -OCH3 is 2. The summed E-state index contributed by atoms with van der Waals surface area (Å²) in [4.78, 5) is 22.7. The summed E-state index contributed by atoms with van der Waals surface area (Å²) in [6, 6.07) is 30.5. The molecular weight excluding hydrogens is 632 g/mol. The van der Waals surface area contributed by atoms with E-state index >= 15 is 0 Å². The maximum absolute atomic E-state index is 11.8. The molecule has 0 radical (unpaired) electrons. The molecule has 260 valence electrons. The molecule has 0 aliphatic rings. The van der Waals surface area contributed by atoms with E-state index in [1.165, 1.54) is 0 Å². The first-order valence-corrected chi connectivity index (χ1v) is 16.2. The Morgan fingerprint density at radius 2 is 0.980 bits per heavy atom. The van der Waals surface area contributed by atoms with Gasteiger partial charge < -0.3 is 28.8 Å². The molecule has 8 nitrogen and oxygen atoms in total. The molecule has 8 heteroatoms. The molecule has 4 aromatic rings. The Morgan fingerprint density at radius 3 is 1.32 bits per heavy atom. The predicted molar refractivity (Wildman–Crippen MR) is 193 cm³/mol. The Balaban J connectivity index is 0.000000271. The minimum absolute atomic E-state index is 0.00705. The van der Waals surface area contributed by atoms with Gasteiger partial charge in [-0.1, -0.05) is 60.4 Å². The van der Waals surface area contributed by atoms with Gasteiger partial charge in [0.2, 0.25) is 0 Å². The van der Waals surface area contributed by atoms with Gasteiger partial charge in [0.05, 0.1) is 45.5 Å². The van der Waals surface area contributed by atoms with E-state index < -0.39 is 5.97 Å². The minimum atomic E-state index is -0.859. The Hall–Kier alpha value is -5.86. The lowest BCUT2D eigenvalue weighted by Crippen LogP contribution is -2.09. The van der Waals surface area contributed by atoms with Crippen molar-refractivity contribution in [1.82, 2.24) is 0 Å². The maximum atomic E-state index is 11.8.